The standard InChI is InChI=1S/C13H12N6/c1-2-4-10-8-11(7-9(10)3-1)14-12-5-6-13-15-17-18-19(13)16-12/h1-6,11H,7-8H2,(H,14,16). The summed E-state index contributed by atoms with van der Waals surface area (Å²) in [5.74, 6) is 0.803. The van der Waals surface area contributed by atoms with Gasteiger partial charge in [0.05, 0.1) is 0 Å². The van der Waals surface area contributed by atoms with E-state index in [1.54, 1.807) is 0 Å². The number of benzene rings is 1. The number of fused-ring (bicyclic) bond motifs is 2. The van der Waals surface area contributed by atoms with E-state index >= 15 is 0 Å². The summed E-state index contributed by atoms with van der Waals surface area (Å²) in [4.78, 5) is 0. The molecule has 0 spiro atoms. The van der Waals surface area contributed by atoms with Crippen LogP contribution >= 0.6 is 0 Å². The molecule has 1 N–H and O–H groups in total. The third kappa shape index (κ3) is 1.81. The highest BCUT2D eigenvalue weighted by atomic mass is 15.6. The van der Waals surface area contributed by atoms with Gasteiger partial charge in [0.15, 0.2) is 5.65 Å². The second kappa shape index (κ2) is 4.01. The molecule has 0 saturated heterocycles. The Hall–Kier alpha value is -2.50. The van der Waals surface area contributed by atoms with E-state index in [1.165, 1.54) is 15.8 Å². The third-order valence-electron chi connectivity index (χ3n) is 3.47. The number of hydrogen-bond acceptors (Lipinski definition) is 5. The van der Waals surface area contributed by atoms with E-state index in [4.69, 9.17) is 0 Å². The number of aromatic nitrogens is 5. The minimum Gasteiger partial charge on any atom is -0.365 e. The van der Waals surface area contributed by atoms with E-state index in [0.29, 0.717) is 11.7 Å². The van der Waals surface area contributed by atoms with Gasteiger partial charge in [-0.1, -0.05) is 24.3 Å². The lowest BCUT2D eigenvalue weighted by molar-refractivity contribution is 0.715. The summed E-state index contributed by atoms with van der Waals surface area (Å²) in [6, 6.07) is 12.7. The largest absolute Gasteiger partial charge is 0.365 e. The van der Waals surface area contributed by atoms with Gasteiger partial charge in [-0.2, -0.15) is 0 Å². The highest BCUT2D eigenvalue weighted by Gasteiger charge is 2.21. The Morgan fingerprint density at radius 1 is 1.05 bits per heavy atom. The van der Waals surface area contributed by atoms with Crippen LogP contribution in [-0.4, -0.2) is 31.3 Å². The van der Waals surface area contributed by atoms with Crippen LogP contribution in [0.15, 0.2) is 36.4 Å². The molecule has 2 aromatic heterocycles. The smallest absolute Gasteiger partial charge is 0.200 e. The maximum Gasteiger partial charge on any atom is 0.200 e. The van der Waals surface area contributed by atoms with Crippen LogP contribution in [0.5, 0.6) is 0 Å². The molecule has 3 aromatic rings. The summed E-state index contributed by atoms with van der Waals surface area (Å²) in [5.41, 5.74) is 3.49. The van der Waals surface area contributed by atoms with Crippen molar-refractivity contribution in [3.8, 4) is 0 Å². The second-order valence-corrected chi connectivity index (χ2v) is 4.76. The van der Waals surface area contributed by atoms with Crippen molar-refractivity contribution in [1.29, 1.82) is 0 Å². The fourth-order valence-electron chi connectivity index (χ4n) is 2.60. The fraction of sp³-hybridized carbons (Fsp3) is 0.231. The average molecular weight is 252 g/mol. The zero-order chi connectivity index (χ0) is 12.7. The van der Waals surface area contributed by atoms with Gasteiger partial charge < -0.3 is 5.32 Å². The molecule has 1 aliphatic carbocycles. The Kier molecular flexibility index (Phi) is 2.20. The van der Waals surface area contributed by atoms with Crippen molar-refractivity contribution in [3.63, 3.8) is 0 Å². The predicted octanol–water partition coefficient (Wildman–Crippen LogP) is 1.10. The molecule has 0 unspecified atom stereocenters. The molecule has 94 valence electrons. The molecule has 6 nitrogen and oxygen atoms in total. The van der Waals surface area contributed by atoms with Crippen LogP contribution in [0.4, 0.5) is 5.82 Å². The van der Waals surface area contributed by atoms with Gasteiger partial charge in [-0.05, 0) is 46.5 Å². The molecular weight excluding hydrogens is 240 g/mol. The number of hydrogen-bond donors (Lipinski definition) is 1. The summed E-state index contributed by atoms with van der Waals surface area (Å²) in [6.07, 6.45) is 2.07. The van der Waals surface area contributed by atoms with Crippen LogP contribution in [0.1, 0.15) is 11.1 Å². The molecule has 0 atom stereocenters. The Morgan fingerprint density at radius 2 is 1.84 bits per heavy atom. The van der Waals surface area contributed by atoms with E-state index < -0.39 is 0 Å². The second-order valence-electron chi connectivity index (χ2n) is 4.76. The normalized spacial score (nSPS) is 14.7. The lowest BCUT2D eigenvalue weighted by Gasteiger charge is -2.11. The first-order chi connectivity index (χ1) is 9.38. The lowest BCUT2D eigenvalue weighted by atomic mass is 10.1. The number of rotatable bonds is 2. The van der Waals surface area contributed by atoms with E-state index in [9.17, 15) is 0 Å². The molecule has 0 saturated carbocycles. The zero-order valence-corrected chi connectivity index (χ0v) is 10.2. The minimum atomic E-state index is 0.388. The summed E-state index contributed by atoms with van der Waals surface area (Å²) in [5, 5.41) is 19.0. The van der Waals surface area contributed by atoms with Crippen LogP contribution in [0.3, 0.4) is 0 Å². The van der Waals surface area contributed by atoms with E-state index in [0.717, 1.165) is 18.7 Å². The van der Waals surface area contributed by atoms with Crippen molar-refractivity contribution >= 4 is 11.5 Å². The van der Waals surface area contributed by atoms with Gasteiger partial charge in [0.1, 0.15) is 5.82 Å². The van der Waals surface area contributed by atoms with Gasteiger partial charge >= 0.3 is 0 Å². The summed E-state index contributed by atoms with van der Waals surface area (Å²) >= 11 is 0. The molecule has 4 rings (SSSR count). The predicted molar refractivity (Wildman–Crippen MR) is 69.8 cm³/mol. The number of nitrogens with one attached hydrogen (secondary N) is 1. The molecule has 1 aromatic carbocycles. The Bertz CT molecular complexity index is 710. The molecule has 0 fully saturated rings. The molecule has 0 amide bonds. The van der Waals surface area contributed by atoms with Gasteiger partial charge in [0.25, 0.3) is 0 Å². The molecule has 0 aliphatic heterocycles. The van der Waals surface area contributed by atoms with Gasteiger partial charge in [-0.3, -0.25) is 0 Å². The fourth-order valence-corrected chi connectivity index (χ4v) is 2.60. The molecule has 2 heterocycles. The topological polar surface area (TPSA) is 68.0 Å². The first-order valence-electron chi connectivity index (χ1n) is 6.27. The number of anilines is 1. The monoisotopic (exact) mass is 252 g/mol. The Labute approximate surface area is 109 Å². The highest BCUT2D eigenvalue weighted by molar-refractivity contribution is 5.45. The van der Waals surface area contributed by atoms with E-state index in [1.807, 2.05) is 12.1 Å². The van der Waals surface area contributed by atoms with Crippen LogP contribution in [0, 0.1) is 0 Å². The maximum atomic E-state index is 4.33. The van der Waals surface area contributed by atoms with E-state index in [2.05, 4.69) is 50.2 Å². The molecule has 19 heavy (non-hydrogen) atoms. The van der Waals surface area contributed by atoms with Gasteiger partial charge in [-0.25, -0.2) is 0 Å². The summed E-state index contributed by atoms with van der Waals surface area (Å²) in [6.45, 7) is 0. The van der Waals surface area contributed by atoms with Crippen LogP contribution < -0.4 is 5.32 Å². The van der Waals surface area contributed by atoms with Crippen molar-refractivity contribution in [2.45, 2.75) is 18.9 Å². The SMILES string of the molecule is c1ccc2c(c1)CC(Nc1ccc3nnnn3n1)C2. The first kappa shape index (κ1) is 10.4. The summed E-state index contributed by atoms with van der Waals surface area (Å²) < 4.78 is 1.43. The number of nitrogens with zero attached hydrogens (tertiary/aromatic N) is 5. The average Bonchev–Trinajstić information content (AvgIpc) is 3.03. The summed E-state index contributed by atoms with van der Waals surface area (Å²) in [7, 11) is 0. The molecule has 0 radical (unpaired) electrons. The zero-order valence-electron chi connectivity index (χ0n) is 10.2. The quantitative estimate of drug-likeness (QED) is 0.739. The van der Waals surface area contributed by atoms with Crippen molar-refractivity contribution in [1.82, 2.24) is 25.3 Å². The van der Waals surface area contributed by atoms with Crippen molar-refractivity contribution in [3.05, 3.63) is 47.5 Å². The van der Waals surface area contributed by atoms with Gasteiger partial charge in [0, 0.05) is 6.04 Å². The van der Waals surface area contributed by atoms with Crippen LogP contribution in [-0.2, 0) is 12.8 Å². The molecule has 0 bridgehead atoms. The minimum absolute atomic E-state index is 0.388. The van der Waals surface area contributed by atoms with Crippen LogP contribution in [0.25, 0.3) is 5.65 Å². The van der Waals surface area contributed by atoms with Crippen LogP contribution in [0.2, 0.25) is 0 Å². The number of tetrazole rings is 1. The molecular formula is C13H12N6. The Balaban J connectivity index is 1.56. The maximum absolute atomic E-state index is 4.33. The Morgan fingerprint density at radius 3 is 2.63 bits per heavy atom. The van der Waals surface area contributed by atoms with E-state index in [-0.39, 0.29) is 0 Å². The highest BCUT2D eigenvalue weighted by Crippen LogP contribution is 2.23. The third-order valence-corrected chi connectivity index (χ3v) is 3.47. The van der Waals surface area contributed by atoms with Gasteiger partial charge in [-0.15, -0.1) is 14.8 Å². The molecule has 6 heteroatoms. The lowest BCUT2D eigenvalue weighted by Crippen LogP contribution is -2.20. The van der Waals surface area contributed by atoms with Crippen molar-refractivity contribution in [2.24, 2.45) is 0 Å². The van der Waals surface area contributed by atoms with Crippen molar-refractivity contribution < 1.29 is 0 Å². The van der Waals surface area contributed by atoms with Gasteiger partial charge in [0.2, 0.25) is 0 Å². The van der Waals surface area contributed by atoms with Crippen molar-refractivity contribution in [2.75, 3.05) is 5.32 Å². The molecule has 1 aliphatic rings. The first-order valence-corrected chi connectivity index (χ1v) is 6.27.